The van der Waals surface area contributed by atoms with Crippen molar-refractivity contribution in [2.75, 3.05) is 0 Å². The first-order valence-electron chi connectivity index (χ1n) is 4.78. The molecule has 1 aromatic carbocycles. The molecular formula is C11H12F4O. The van der Waals surface area contributed by atoms with Gasteiger partial charge in [0.15, 0.2) is 0 Å². The number of benzene rings is 1. The zero-order valence-corrected chi connectivity index (χ0v) is 8.94. The highest BCUT2D eigenvalue weighted by Crippen LogP contribution is 2.31. The molecule has 0 aliphatic rings. The van der Waals surface area contributed by atoms with Gasteiger partial charge in [0, 0.05) is 0 Å². The van der Waals surface area contributed by atoms with Crippen LogP contribution in [-0.4, -0.2) is 6.10 Å². The highest BCUT2D eigenvalue weighted by Gasteiger charge is 2.33. The smallest absolute Gasteiger partial charge is 0.374 e. The first-order valence-corrected chi connectivity index (χ1v) is 4.78. The van der Waals surface area contributed by atoms with Crippen LogP contribution in [0.15, 0.2) is 18.2 Å². The summed E-state index contributed by atoms with van der Waals surface area (Å²) in [5.41, 5.74) is -0.861. The molecule has 0 amide bonds. The lowest BCUT2D eigenvalue weighted by atomic mass is 10.1. The van der Waals surface area contributed by atoms with Crippen LogP contribution in [0.4, 0.5) is 17.6 Å². The van der Waals surface area contributed by atoms with Crippen LogP contribution in [-0.2, 0) is 17.5 Å². The molecule has 90 valence electrons. The van der Waals surface area contributed by atoms with E-state index in [-0.39, 0.29) is 12.7 Å². The number of ether oxygens (including phenoxy) is 1. The lowest BCUT2D eigenvalue weighted by molar-refractivity contribution is -0.140. The van der Waals surface area contributed by atoms with Crippen molar-refractivity contribution in [1.29, 1.82) is 0 Å². The molecule has 1 rings (SSSR count). The fraction of sp³-hybridized carbons (Fsp3) is 0.455. The summed E-state index contributed by atoms with van der Waals surface area (Å²) in [4.78, 5) is 0. The summed E-state index contributed by atoms with van der Waals surface area (Å²) < 4.78 is 54.9. The van der Waals surface area contributed by atoms with Gasteiger partial charge in [-0.05, 0) is 31.5 Å². The second kappa shape index (κ2) is 4.82. The Bertz CT molecular complexity index is 357. The maximum absolute atomic E-state index is 13.1. The average Bonchev–Trinajstić information content (AvgIpc) is 2.12. The van der Waals surface area contributed by atoms with Gasteiger partial charge in [-0.15, -0.1) is 0 Å². The Kier molecular flexibility index (Phi) is 3.91. The SMILES string of the molecule is CC(C)OCc1ccc(C(F)(F)F)c(F)c1. The summed E-state index contributed by atoms with van der Waals surface area (Å²) in [5.74, 6) is -1.27. The molecule has 0 aliphatic carbocycles. The minimum Gasteiger partial charge on any atom is -0.374 e. The Morgan fingerprint density at radius 2 is 1.88 bits per heavy atom. The molecule has 5 heteroatoms. The molecule has 0 spiro atoms. The van der Waals surface area contributed by atoms with E-state index in [1.807, 2.05) is 0 Å². The summed E-state index contributed by atoms with van der Waals surface area (Å²) in [6.07, 6.45) is -4.70. The van der Waals surface area contributed by atoms with E-state index in [1.165, 1.54) is 6.07 Å². The lowest BCUT2D eigenvalue weighted by Gasteiger charge is -2.11. The zero-order chi connectivity index (χ0) is 12.3. The van der Waals surface area contributed by atoms with Gasteiger partial charge in [0.25, 0.3) is 0 Å². The molecule has 0 fully saturated rings. The van der Waals surface area contributed by atoms with Crippen LogP contribution >= 0.6 is 0 Å². The number of hydrogen-bond donors (Lipinski definition) is 0. The van der Waals surface area contributed by atoms with E-state index in [0.717, 1.165) is 12.1 Å². The topological polar surface area (TPSA) is 9.23 Å². The van der Waals surface area contributed by atoms with Crippen molar-refractivity contribution in [3.8, 4) is 0 Å². The molecule has 1 nitrogen and oxygen atoms in total. The fourth-order valence-corrected chi connectivity index (χ4v) is 1.14. The molecule has 0 unspecified atom stereocenters. The van der Waals surface area contributed by atoms with Crippen molar-refractivity contribution in [3.63, 3.8) is 0 Å². The molecule has 0 aromatic heterocycles. The number of hydrogen-bond acceptors (Lipinski definition) is 1. The molecule has 0 heterocycles. The monoisotopic (exact) mass is 236 g/mol. The highest BCUT2D eigenvalue weighted by atomic mass is 19.4. The Morgan fingerprint density at radius 1 is 1.25 bits per heavy atom. The van der Waals surface area contributed by atoms with Gasteiger partial charge in [-0.1, -0.05) is 6.07 Å². The first-order chi connectivity index (χ1) is 7.30. The predicted octanol–water partition coefficient (Wildman–Crippen LogP) is 3.77. The Labute approximate surface area is 91.0 Å². The molecule has 0 saturated heterocycles. The van der Waals surface area contributed by atoms with Gasteiger partial charge in [0.2, 0.25) is 0 Å². The molecular weight excluding hydrogens is 224 g/mol. The van der Waals surface area contributed by atoms with Gasteiger partial charge in [0.05, 0.1) is 18.3 Å². The van der Waals surface area contributed by atoms with Crippen molar-refractivity contribution in [1.82, 2.24) is 0 Å². The van der Waals surface area contributed by atoms with Crippen LogP contribution in [0.3, 0.4) is 0 Å². The third-order valence-corrected chi connectivity index (χ3v) is 1.92. The molecule has 16 heavy (non-hydrogen) atoms. The van der Waals surface area contributed by atoms with E-state index < -0.39 is 17.6 Å². The van der Waals surface area contributed by atoms with Crippen molar-refractivity contribution >= 4 is 0 Å². The average molecular weight is 236 g/mol. The quantitative estimate of drug-likeness (QED) is 0.726. The Balaban J connectivity index is 2.83. The first kappa shape index (κ1) is 13.0. The van der Waals surface area contributed by atoms with E-state index in [4.69, 9.17) is 4.74 Å². The maximum atomic E-state index is 13.1. The van der Waals surface area contributed by atoms with Gasteiger partial charge < -0.3 is 4.74 Å². The van der Waals surface area contributed by atoms with Crippen LogP contribution in [0.25, 0.3) is 0 Å². The lowest BCUT2D eigenvalue weighted by Crippen LogP contribution is -2.09. The molecule has 0 N–H and O–H groups in total. The van der Waals surface area contributed by atoms with Gasteiger partial charge in [0.1, 0.15) is 5.82 Å². The summed E-state index contributed by atoms with van der Waals surface area (Å²) in [7, 11) is 0. The minimum absolute atomic E-state index is 0.0506. The Hall–Kier alpha value is -1.10. The summed E-state index contributed by atoms with van der Waals surface area (Å²) in [5, 5.41) is 0. The zero-order valence-electron chi connectivity index (χ0n) is 8.94. The standard InChI is InChI=1S/C11H12F4O/c1-7(2)16-6-8-3-4-9(10(12)5-8)11(13,14)15/h3-5,7H,6H2,1-2H3. The highest BCUT2D eigenvalue weighted by molar-refractivity contribution is 5.26. The van der Waals surface area contributed by atoms with Crippen molar-refractivity contribution in [2.24, 2.45) is 0 Å². The van der Waals surface area contributed by atoms with Crippen LogP contribution < -0.4 is 0 Å². The van der Waals surface area contributed by atoms with E-state index >= 15 is 0 Å². The van der Waals surface area contributed by atoms with E-state index in [1.54, 1.807) is 13.8 Å². The van der Waals surface area contributed by atoms with Crippen LogP contribution in [0.5, 0.6) is 0 Å². The molecule has 0 saturated carbocycles. The maximum Gasteiger partial charge on any atom is 0.419 e. The predicted molar refractivity (Wildman–Crippen MR) is 51.3 cm³/mol. The van der Waals surface area contributed by atoms with Crippen LogP contribution in [0, 0.1) is 5.82 Å². The summed E-state index contributed by atoms with van der Waals surface area (Å²) in [6.45, 7) is 3.69. The summed E-state index contributed by atoms with van der Waals surface area (Å²) in [6, 6.07) is 2.80. The summed E-state index contributed by atoms with van der Waals surface area (Å²) >= 11 is 0. The van der Waals surface area contributed by atoms with E-state index in [2.05, 4.69) is 0 Å². The minimum atomic E-state index is -4.65. The van der Waals surface area contributed by atoms with Crippen LogP contribution in [0.2, 0.25) is 0 Å². The van der Waals surface area contributed by atoms with E-state index in [9.17, 15) is 17.6 Å². The van der Waals surface area contributed by atoms with Gasteiger partial charge in [-0.25, -0.2) is 4.39 Å². The van der Waals surface area contributed by atoms with Gasteiger partial charge in [-0.2, -0.15) is 13.2 Å². The molecule has 0 atom stereocenters. The largest absolute Gasteiger partial charge is 0.419 e. The molecule has 0 aliphatic heterocycles. The third-order valence-electron chi connectivity index (χ3n) is 1.92. The second-order valence-electron chi connectivity index (χ2n) is 3.67. The normalized spacial score (nSPS) is 12.2. The number of rotatable bonds is 3. The molecule has 0 bridgehead atoms. The fourth-order valence-electron chi connectivity index (χ4n) is 1.14. The molecule has 0 radical (unpaired) electrons. The van der Waals surface area contributed by atoms with Crippen LogP contribution in [0.1, 0.15) is 25.0 Å². The van der Waals surface area contributed by atoms with Gasteiger partial charge in [-0.3, -0.25) is 0 Å². The third kappa shape index (κ3) is 3.48. The molecule has 1 aromatic rings. The van der Waals surface area contributed by atoms with E-state index in [0.29, 0.717) is 5.56 Å². The van der Waals surface area contributed by atoms with Crippen molar-refractivity contribution < 1.29 is 22.3 Å². The van der Waals surface area contributed by atoms with Crippen molar-refractivity contribution in [2.45, 2.75) is 32.7 Å². The second-order valence-corrected chi connectivity index (χ2v) is 3.67. The number of halogens is 4. The van der Waals surface area contributed by atoms with Gasteiger partial charge >= 0.3 is 6.18 Å². The van der Waals surface area contributed by atoms with Crippen molar-refractivity contribution in [3.05, 3.63) is 35.1 Å². The Morgan fingerprint density at radius 3 is 2.31 bits per heavy atom. The number of alkyl halides is 3.